The zero-order chi connectivity index (χ0) is 11.5. The van der Waals surface area contributed by atoms with Gasteiger partial charge < -0.3 is 9.47 Å². The average molecular weight is 220 g/mol. The third-order valence-corrected chi connectivity index (χ3v) is 2.53. The van der Waals surface area contributed by atoms with Gasteiger partial charge in [-0.1, -0.05) is 6.92 Å². The van der Waals surface area contributed by atoms with E-state index in [2.05, 4.69) is 0 Å². The Bertz CT molecular complexity index is 398. The van der Waals surface area contributed by atoms with Gasteiger partial charge in [-0.15, -0.1) is 0 Å². The van der Waals surface area contributed by atoms with Crippen LogP contribution in [0.25, 0.3) is 0 Å². The number of fused-ring (bicyclic) bond motifs is 1. The van der Waals surface area contributed by atoms with Crippen molar-refractivity contribution in [3.05, 3.63) is 23.8 Å². The second-order valence-electron chi connectivity index (χ2n) is 4.06. The summed E-state index contributed by atoms with van der Waals surface area (Å²) in [6, 6.07) is 5.44. The largest absolute Gasteiger partial charge is 0.494 e. The Labute approximate surface area is 95.4 Å². The standard InChI is InChI=1S/C13H16O3/c1-3-6-15-10-4-5-13-11(8-10)12(14)7-9(2)16-13/h4-5,8-9H,3,6-7H2,1-2H3. The van der Waals surface area contributed by atoms with Crippen LogP contribution in [0.5, 0.6) is 11.5 Å². The number of rotatable bonds is 3. The van der Waals surface area contributed by atoms with Gasteiger partial charge in [-0.25, -0.2) is 0 Å². The van der Waals surface area contributed by atoms with Crippen molar-refractivity contribution in [3.8, 4) is 11.5 Å². The number of ether oxygens (including phenoxy) is 2. The Morgan fingerprint density at radius 3 is 3.06 bits per heavy atom. The molecule has 0 amide bonds. The third-order valence-electron chi connectivity index (χ3n) is 2.53. The Balaban J connectivity index is 2.24. The second-order valence-corrected chi connectivity index (χ2v) is 4.06. The molecule has 1 atom stereocenters. The van der Waals surface area contributed by atoms with E-state index in [0.29, 0.717) is 24.3 Å². The monoisotopic (exact) mass is 220 g/mol. The van der Waals surface area contributed by atoms with Crippen LogP contribution < -0.4 is 9.47 Å². The number of ketones is 1. The quantitative estimate of drug-likeness (QED) is 0.785. The van der Waals surface area contributed by atoms with Gasteiger partial charge in [-0.3, -0.25) is 4.79 Å². The van der Waals surface area contributed by atoms with Gasteiger partial charge in [0.15, 0.2) is 5.78 Å². The van der Waals surface area contributed by atoms with Crippen LogP contribution in [-0.2, 0) is 0 Å². The van der Waals surface area contributed by atoms with Gasteiger partial charge in [0.25, 0.3) is 0 Å². The molecule has 0 saturated heterocycles. The molecule has 1 aromatic rings. The molecule has 0 aromatic heterocycles. The molecule has 1 unspecified atom stereocenters. The van der Waals surface area contributed by atoms with E-state index in [1.54, 1.807) is 6.07 Å². The molecule has 16 heavy (non-hydrogen) atoms. The first-order valence-corrected chi connectivity index (χ1v) is 5.67. The van der Waals surface area contributed by atoms with Gasteiger partial charge in [0.2, 0.25) is 0 Å². The maximum Gasteiger partial charge on any atom is 0.170 e. The molecule has 0 saturated carbocycles. The molecular formula is C13H16O3. The summed E-state index contributed by atoms with van der Waals surface area (Å²) >= 11 is 0. The van der Waals surface area contributed by atoms with E-state index in [-0.39, 0.29) is 11.9 Å². The predicted molar refractivity (Wildman–Crippen MR) is 61.3 cm³/mol. The van der Waals surface area contributed by atoms with Crippen LogP contribution >= 0.6 is 0 Å². The lowest BCUT2D eigenvalue weighted by Gasteiger charge is -2.22. The highest BCUT2D eigenvalue weighted by atomic mass is 16.5. The van der Waals surface area contributed by atoms with E-state index in [1.165, 1.54) is 0 Å². The number of carbonyl (C=O) groups is 1. The van der Waals surface area contributed by atoms with Crippen LogP contribution in [0, 0.1) is 0 Å². The highest BCUT2D eigenvalue weighted by molar-refractivity contribution is 6.00. The van der Waals surface area contributed by atoms with Crippen molar-refractivity contribution in [2.75, 3.05) is 6.61 Å². The summed E-state index contributed by atoms with van der Waals surface area (Å²) in [6.07, 6.45) is 1.38. The molecule has 0 aliphatic carbocycles. The fraction of sp³-hybridized carbons (Fsp3) is 0.462. The van der Waals surface area contributed by atoms with Crippen molar-refractivity contribution < 1.29 is 14.3 Å². The zero-order valence-electron chi connectivity index (χ0n) is 9.66. The Morgan fingerprint density at radius 1 is 1.50 bits per heavy atom. The van der Waals surface area contributed by atoms with E-state index in [0.717, 1.165) is 12.2 Å². The van der Waals surface area contributed by atoms with Crippen LogP contribution in [0.2, 0.25) is 0 Å². The highest BCUT2D eigenvalue weighted by Gasteiger charge is 2.23. The smallest absolute Gasteiger partial charge is 0.170 e. The van der Waals surface area contributed by atoms with Gasteiger partial charge in [0.1, 0.15) is 17.6 Å². The fourth-order valence-corrected chi connectivity index (χ4v) is 1.77. The minimum Gasteiger partial charge on any atom is -0.494 e. The van der Waals surface area contributed by atoms with Crippen LogP contribution in [-0.4, -0.2) is 18.5 Å². The third kappa shape index (κ3) is 2.18. The number of benzene rings is 1. The summed E-state index contributed by atoms with van der Waals surface area (Å²) in [5.41, 5.74) is 0.645. The Morgan fingerprint density at radius 2 is 2.31 bits per heavy atom. The lowest BCUT2D eigenvalue weighted by Crippen LogP contribution is -2.23. The SMILES string of the molecule is CCCOc1ccc2c(c1)C(=O)CC(C)O2. The molecule has 0 N–H and O–H groups in total. The maximum absolute atomic E-state index is 11.8. The molecule has 1 aliphatic rings. The van der Waals surface area contributed by atoms with Crippen LogP contribution in [0.4, 0.5) is 0 Å². The minimum atomic E-state index is -0.0255. The van der Waals surface area contributed by atoms with Gasteiger partial charge >= 0.3 is 0 Å². The van der Waals surface area contributed by atoms with Crippen LogP contribution in [0.1, 0.15) is 37.0 Å². The van der Waals surface area contributed by atoms with Crippen molar-refractivity contribution in [2.24, 2.45) is 0 Å². The summed E-state index contributed by atoms with van der Waals surface area (Å²) in [7, 11) is 0. The number of Topliss-reactive ketones (excluding diaryl/α,β-unsaturated/α-hetero) is 1. The minimum absolute atomic E-state index is 0.0255. The average Bonchev–Trinajstić information content (AvgIpc) is 2.26. The van der Waals surface area contributed by atoms with E-state index in [9.17, 15) is 4.79 Å². The summed E-state index contributed by atoms with van der Waals surface area (Å²) < 4.78 is 11.1. The van der Waals surface area contributed by atoms with Crippen molar-refractivity contribution in [1.29, 1.82) is 0 Å². The summed E-state index contributed by atoms with van der Waals surface area (Å²) in [6.45, 7) is 4.63. The first kappa shape index (κ1) is 11.0. The molecule has 1 aliphatic heterocycles. The molecule has 1 aromatic carbocycles. The Hall–Kier alpha value is -1.51. The molecule has 0 spiro atoms. The molecular weight excluding hydrogens is 204 g/mol. The van der Waals surface area contributed by atoms with Crippen molar-refractivity contribution >= 4 is 5.78 Å². The number of carbonyl (C=O) groups excluding carboxylic acids is 1. The van der Waals surface area contributed by atoms with Crippen molar-refractivity contribution in [3.63, 3.8) is 0 Å². The first-order valence-electron chi connectivity index (χ1n) is 5.67. The topological polar surface area (TPSA) is 35.5 Å². The summed E-state index contributed by atoms with van der Waals surface area (Å²) in [5.74, 6) is 1.55. The summed E-state index contributed by atoms with van der Waals surface area (Å²) in [4.78, 5) is 11.8. The molecule has 0 bridgehead atoms. The van der Waals surface area contributed by atoms with E-state index in [4.69, 9.17) is 9.47 Å². The lowest BCUT2D eigenvalue weighted by molar-refractivity contribution is 0.0870. The number of hydrogen-bond donors (Lipinski definition) is 0. The van der Waals surface area contributed by atoms with Crippen molar-refractivity contribution in [1.82, 2.24) is 0 Å². The summed E-state index contributed by atoms with van der Waals surface area (Å²) in [5, 5.41) is 0. The zero-order valence-corrected chi connectivity index (χ0v) is 9.66. The number of hydrogen-bond acceptors (Lipinski definition) is 3. The van der Waals surface area contributed by atoms with Crippen LogP contribution in [0.3, 0.4) is 0 Å². The Kier molecular flexibility index (Phi) is 3.13. The van der Waals surface area contributed by atoms with E-state index >= 15 is 0 Å². The van der Waals surface area contributed by atoms with E-state index < -0.39 is 0 Å². The van der Waals surface area contributed by atoms with E-state index in [1.807, 2.05) is 26.0 Å². The molecule has 0 radical (unpaired) electrons. The highest BCUT2D eigenvalue weighted by Crippen LogP contribution is 2.30. The maximum atomic E-state index is 11.8. The van der Waals surface area contributed by atoms with Crippen LogP contribution in [0.15, 0.2) is 18.2 Å². The molecule has 2 rings (SSSR count). The second kappa shape index (κ2) is 4.56. The van der Waals surface area contributed by atoms with Crippen molar-refractivity contribution in [2.45, 2.75) is 32.8 Å². The predicted octanol–water partition coefficient (Wildman–Crippen LogP) is 2.83. The van der Waals surface area contributed by atoms with Gasteiger partial charge in [0.05, 0.1) is 12.2 Å². The lowest BCUT2D eigenvalue weighted by atomic mass is 10.0. The molecule has 3 nitrogen and oxygen atoms in total. The fourth-order valence-electron chi connectivity index (χ4n) is 1.77. The van der Waals surface area contributed by atoms with Gasteiger partial charge in [0, 0.05) is 6.42 Å². The molecule has 86 valence electrons. The molecule has 0 fully saturated rings. The molecule has 3 heteroatoms. The molecule has 1 heterocycles. The normalized spacial score (nSPS) is 18.9. The van der Waals surface area contributed by atoms with Gasteiger partial charge in [-0.2, -0.15) is 0 Å². The first-order chi connectivity index (χ1) is 7.70. The van der Waals surface area contributed by atoms with Gasteiger partial charge in [-0.05, 0) is 31.5 Å².